The van der Waals surface area contributed by atoms with Gasteiger partial charge in [-0.2, -0.15) is 4.98 Å². The maximum Gasteiger partial charge on any atom is 0.254 e. The van der Waals surface area contributed by atoms with E-state index in [0.29, 0.717) is 47.4 Å². The lowest BCUT2D eigenvalue weighted by Crippen LogP contribution is -2.47. The standard InChI is InChI=1S/C33H32FN7O3/c1-39-15-17-40(18-16-39)32(43)24-7-13-28(29(20-24)44-2)36-33-37-30-14-8-25(21-41(30)38-33)23-5-11-27(12-6-23)35-31(42)19-22-3-9-26(34)10-4-22/h3-14,20-21H,15-19H2,1-2H3,(H,35,42)(H,36,38). The maximum absolute atomic E-state index is 13.1. The molecule has 2 aromatic heterocycles. The Balaban J connectivity index is 1.12. The van der Waals surface area contributed by atoms with Gasteiger partial charge in [0, 0.05) is 49.2 Å². The Kier molecular flexibility index (Phi) is 8.20. The largest absolute Gasteiger partial charge is 0.495 e. The normalized spacial score (nSPS) is 13.6. The van der Waals surface area contributed by atoms with Crippen molar-refractivity contribution in [2.75, 3.05) is 51.0 Å². The van der Waals surface area contributed by atoms with Crippen molar-refractivity contribution >= 4 is 34.8 Å². The van der Waals surface area contributed by atoms with Gasteiger partial charge in [0.1, 0.15) is 11.6 Å². The van der Waals surface area contributed by atoms with Crippen molar-refractivity contribution in [3.63, 3.8) is 0 Å². The number of pyridine rings is 1. The van der Waals surface area contributed by atoms with Gasteiger partial charge in [-0.3, -0.25) is 9.59 Å². The molecule has 3 aromatic carbocycles. The number of likely N-dealkylation sites (N-methyl/N-ethyl adjacent to an activating group) is 1. The van der Waals surface area contributed by atoms with Crippen LogP contribution in [0.5, 0.6) is 5.75 Å². The third-order valence-corrected chi connectivity index (χ3v) is 7.60. The second-order valence-electron chi connectivity index (χ2n) is 10.7. The Bertz CT molecular complexity index is 1800. The minimum Gasteiger partial charge on any atom is -0.495 e. The van der Waals surface area contributed by atoms with Gasteiger partial charge in [0.25, 0.3) is 5.91 Å². The summed E-state index contributed by atoms with van der Waals surface area (Å²) < 4.78 is 20.4. The molecule has 6 rings (SSSR count). The van der Waals surface area contributed by atoms with Crippen LogP contribution in [-0.4, -0.2) is 76.5 Å². The van der Waals surface area contributed by atoms with Crippen LogP contribution in [-0.2, 0) is 11.2 Å². The monoisotopic (exact) mass is 593 g/mol. The molecule has 1 fully saturated rings. The van der Waals surface area contributed by atoms with Crippen molar-refractivity contribution in [1.29, 1.82) is 0 Å². The predicted octanol–water partition coefficient (Wildman–Crippen LogP) is 4.86. The number of anilines is 3. The van der Waals surface area contributed by atoms with E-state index in [1.807, 2.05) is 47.5 Å². The summed E-state index contributed by atoms with van der Waals surface area (Å²) in [7, 11) is 3.62. The summed E-state index contributed by atoms with van der Waals surface area (Å²) in [5, 5.41) is 10.7. The van der Waals surface area contributed by atoms with E-state index in [1.54, 1.807) is 42.0 Å². The molecule has 2 N–H and O–H groups in total. The van der Waals surface area contributed by atoms with Crippen molar-refractivity contribution in [2.24, 2.45) is 0 Å². The van der Waals surface area contributed by atoms with E-state index in [0.717, 1.165) is 29.8 Å². The number of fused-ring (bicyclic) bond motifs is 1. The summed E-state index contributed by atoms with van der Waals surface area (Å²) in [6, 6.07) is 22.6. The third kappa shape index (κ3) is 6.52. The fourth-order valence-electron chi connectivity index (χ4n) is 5.09. The number of amides is 2. The number of piperazine rings is 1. The zero-order chi connectivity index (χ0) is 30.6. The summed E-state index contributed by atoms with van der Waals surface area (Å²) in [5.74, 6) is 0.386. The molecule has 1 aliphatic heterocycles. The van der Waals surface area contributed by atoms with Crippen molar-refractivity contribution in [2.45, 2.75) is 6.42 Å². The van der Waals surface area contributed by atoms with Crippen molar-refractivity contribution < 1.29 is 18.7 Å². The number of hydrogen-bond donors (Lipinski definition) is 2. The summed E-state index contributed by atoms with van der Waals surface area (Å²) in [6.45, 7) is 3.11. The number of halogens is 1. The molecule has 0 aliphatic carbocycles. The van der Waals surface area contributed by atoms with E-state index < -0.39 is 0 Å². The number of nitrogens with zero attached hydrogens (tertiary/aromatic N) is 5. The molecule has 0 atom stereocenters. The Labute approximate surface area is 254 Å². The number of ether oxygens (including phenoxy) is 1. The van der Waals surface area contributed by atoms with Gasteiger partial charge in [0.2, 0.25) is 11.9 Å². The summed E-state index contributed by atoms with van der Waals surface area (Å²) in [4.78, 5) is 34.1. The maximum atomic E-state index is 13.1. The topological polar surface area (TPSA) is 104 Å². The third-order valence-electron chi connectivity index (χ3n) is 7.60. The molecule has 11 heteroatoms. The SMILES string of the molecule is COc1cc(C(=O)N2CCN(C)CC2)ccc1Nc1nc2ccc(-c3ccc(NC(=O)Cc4ccc(F)cc4)cc3)cn2n1. The van der Waals surface area contributed by atoms with Crippen LogP contribution in [0.4, 0.5) is 21.7 Å². The lowest BCUT2D eigenvalue weighted by Gasteiger charge is -2.32. The van der Waals surface area contributed by atoms with Gasteiger partial charge in [0.15, 0.2) is 5.65 Å². The van der Waals surface area contributed by atoms with Crippen LogP contribution in [0.25, 0.3) is 16.8 Å². The number of nitrogens with one attached hydrogen (secondary N) is 2. The number of carbonyl (C=O) groups excluding carboxylic acids is 2. The molecule has 0 unspecified atom stereocenters. The molecule has 5 aromatic rings. The minimum absolute atomic E-state index is 0.0123. The van der Waals surface area contributed by atoms with Crippen LogP contribution in [0.15, 0.2) is 85.1 Å². The van der Waals surface area contributed by atoms with Crippen LogP contribution in [0.2, 0.25) is 0 Å². The summed E-state index contributed by atoms with van der Waals surface area (Å²) in [5.41, 5.74) is 5.14. The first kappa shape index (κ1) is 28.8. The van der Waals surface area contributed by atoms with E-state index in [2.05, 4.69) is 32.7 Å². The van der Waals surface area contributed by atoms with Crippen LogP contribution in [0.3, 0.4) is 0 Å². The van der Waals surface area contributed by atoms with E-state index in [-0.39, 0.29) is 24.1 Å². The van der Waals surface area contributed by atoms with Gasteiger partial charge in [-0.25, -0.2) is 8.91 Å². The highest BCUT2D eigenvalue weighted by Crippen LogP contribution is 2.29. The molecule has 44 heavy (non-hydrogen) atoms. The predicted molar refractivity (Wildman–Crippen MR) is 167 cm³/mol. The van der Waals surface area contributed by atoms with Gasteiger partial charge >= 0.3 is 0 Å². The minimum atomic E-state index is -0.331. The number of methoxy groups -OCH3 is 1. The lowest BCUT2D eigenvalue weighted by atomic mass is 10.1. The first-order valence-electron chi connectivity index (χ1n) is 14.3. The summed E-state index contributed by atoms with van der Waals surface area (Å²) >= 11 is 0. The van der Waals surface area contributed by atoms with E-state index >= 15 is 0 Å². The quantitative estimate of drug-likeness (QED) is 0.265. The summed E-state index contributed by atoms with van der Waals surface area (Å²) in [6.07, 6.45) is 2.04. The van der Waals surface area contributed by atoms with Crippen LogP contribution in [0.1, 0.15) is 15.9 Å². The van der Waals surface area contributed by atoms with Gasteiger partial charge in [-0.15, -0.1) is 5.10 Å². The first-order valence-corrected chi connectivity index (χ1v) is 14.3. The highest BCUT2D eigenvalue weighted by molar-refractivity contribution is 5.95. The zero-order valence-electron chi connectivity index (χ0n) is 24.5. The average molecular weight is 594 g/mol. The van der Waals surface area contributed by atoms with E-state index in [1.165, 1.54) is 12.1 Å². The highest BCUT2D eigenvalue weighted by Gasteiger charge is 2.21. The van der Waals surface area contributed by atoms with E-state index in [9.17, 15) is 14.0 Å². The van der Waals surface area contributed by atoms with Crippen molar-refractivity contribution in [1.82, 2.24) is 24.4 Å². The molecule has 10 nitrogen and oxygen atoms in total. The Morgan fingerprint density at radius 1 is 0.909 bits per heavy atom. The van der Waals surface area contributed by atoms with Crippen LogP contribution in [0, 0.1) is 5.82 Å². The van der Waals surface area contributed by atoms with Crippen LogP contribution < -0.4 is 15.4 Å². The lowest BCUT2D eigenvalue weighted by molar-refractivity contribution is -0.115. The molecule has 0 bridgehead atoms. The molecule has 2 amide bonds. The van der Waals surface area contributed by atoms with E-state index in [4.69, 9.17) is 4.74 Å². The molecule has 1 aliphatic rings. The number of benzene rings is 3. The highest BCUT2D eigenvalue weighted by atomic mass is 19.1. The Hall–Kier alpha value is -5.29. The van der Waals surface area contributed by atoms with Crippen molar-refractivity contribution in [3.8, 4) is 16.9 Å². The fraction of sp³-hybridized carbons (Fsp3) is 0.212. The second kappa shape index (κ2) is 12.5. The number of aromatic nitrogens is 3. The Morgan fingerprint density at radius 3 is 2.36 bits per heavy atom. The number of rotatable bonds is 8. The average Bonchev–Trinajstić information content (AvgIpc) is 3.44. The molecular formula is C33H32FN7O3. The molecule has 0 saturated carbocycles. The molecule has 0 radical (unpaired) electrons. The number of hydrogen-bond acceptors (Lipinski definition) is 7. The van der Waals surface area contributed by atoms with Gasteiger partial charge in [-0.05, 0) is 72.8 Å². The molecule has 0 spiro atoms. The fourth-order valence-corrected chi connectivity index (χ4v) is 5.09. The smallest absolute Gasteiger partial charge is 0.254 e. The first-order chi connectivity index (χ1) is 21.3. The zero-order valence-corrected chi connectivity index (χ0v) is 24.5. The van der Waals surface area contributed by atoms with Crippen LogP contribution >= 0.6 is 0 Å². The van der Waals surface area contributed by atoms with Gasteiger partial charge < -0.3 is 25.2 Å². The number of carbonyl (C=O) groups is 2. The molecule has 1 saturated heterocycles. The van der Waals surface area contributed by atoms with Gasteiger partial charge in [-0.1, -0.05) is 24.3 Å². The van der Waals surface area contributed by atoms with Crippen molar-refractivity contribution in [3.05, 3.63) is 102 Å². The van der Waals surface area contributed by atoms with Gasteiger partial charge in [0.05, 0.1) is 19.2 Å². The Morgan fingerprint density at radius 2 is 1.64 bits per heavy atom. The second-order valence-corrected chi connectivity index (χ2v) is 10.7. The molecule has 3 heterocycles. The molecular weight excluding hydrogens is 561 g/mol. The molecule has 224 valence electrons.